The molecule has 0 radical (unpaired) electrons. The fourth-order valence-corrected chi connectivity index (χ4v) is 9.74. The average molecular weight is 492 g/mol. The Labute approximate surface area is 215 Å². The van der Waals surface area contributed by atoms with Gasteiger partial charge in [-0.3, -0.25) is 14.4 Å². The number of fused-ring (bicyclic) bond motifs is 6. The first kappa shape index (κ1) is 25.4. The van der Waals surface area contributed by atoms with Crippen LogP contribution >= 0.6 is 0 Å². The molecular formula is C31H41NO4. The number of hydrogen-bond acceptors (Lipinski definition) is 4. The molecule has 5 rings (SSSR count). The summed E-state index contributed by atoms with van der Waals surface area (Å²) in [6.07, 6.45) is 7.32. The molecule has 5 heteroatoms. The number of carboxylic acids is 1. The maximum absolute atomic E-state index is 14.2. The maximum atomic E-state index is 14.2. The molecule has 0 aromatic heterocycles. The molecule has 5 aliphatic carbocycles. The number of nitriles is 1. The van der Waals surface area contributed by atoms with E-state index in [9.17, 15) is 24.8 Å². The average Bonchev–Trinajstić information content (AvgIpc) is 2.77. The van der Waals surface area contributed by atoms with Gasteiger partial charge in [-0.2, -0.15) is 5.26 Å². The number of ketones is 2. The fourth-order valence-electron chi connectivity index (χ4n) is 9.74. The van der Waals surface area contributed by atoms with Crippen LogP contribution in [0.5, 0.6) is 0 Å². The molecule has 3 fully saturated rings. The van der Waals surface area contributed by atoms with Crippen LogP contribution in [0.1, 0.15) is 99.8 Å². The minimum absolute atomic E-state index is 0.0289. The minimum Gasteiger partial charge on any atom is -0.481 e. The number of aliphatic carboxylic acids is 1. The molecular weight excluding hydrogens is 450 g/mol. The van der Waals surface area contributed by atoms with Gasteiger partial charge in [0.15, 0.2) is 11.6 Å². The quantitative estimate of drug-likeness (QED) is 0.456. The van der Waals surface area contributed by atoms with Crippen molar-refractivity contribution in [2.45, 2.75) is 99.8 Å². The lowest BCUT2D eigenvalue weighted by Gasteiger charge is -2.66. The summed E-state index contributed by atoms with van der Waals surface area (Å²) in [5.74, 6) is -1.38. The monoisotopic (exact) mass is 491 g/mol. The van der Waals surface area contributed by atoms with E-state index in [2.05, 4.69) is 40.7 Å². The van der Waals surface area contributed by atoms with Crippen LogP contribution in [-0.4, -0.2) is 22.6 Å². The van der Waals surface area contributed by atoms with Crippen LogP contribution in [0.15, 0.2) is 22.8 Å². The molecule has 5 nitrogen and oxygen atoms in total. The van der Waals surface area contributed by atoms with Crippen LogP contribution in [0.4, 0.5) is 0 Å². The predicted octanol–water partition coefficient (Wildman–Crippen LogP) is 6.43. The summed E-state index contributed by atoms with van der Waals surface area (Å²) in [5.41, 5.74) is -0.0704. The third kappa shape index (κ3) is 2.85. The normalized spacial score (nSPS) is 44.9. The highest BCUT2D eigenvalue weighted by molar-refractivity contribution is 6.09. The fraction of sp³-hybridized carbons (Fsp3) is 0.742. The van der Waals surface area contributed by atoms with E-state index in [1.54, 1.807) is 0 Å². The van der Waals surface area contributed by atoms with Crippen LogP contribution in [0.25, 0.3) is 0 Å². The Morgan fingerprint density at radius 1 is 0.972 bits per heavy atom. The number of Topliss-reactive ketones (excluding diaryl/α,β-unsaturated/α-hetero) is 1. The van der Waals surface area contributed by atoms with E-state index in [-0.39, 0.29) is 28.3 Å². The van der Waals surface area contributed by atoms with E-state index in [4.69, 9.17) is 0 Å². The van der Waals surface area contributed by atoms with Gasteiger partial charge in [0.2, 0.25) is 0 Å². The Kier molecular flexibility index (Phi) is 5.09. The molecule has 0 aromatic carbocycles. The lowest BCUT2D eigenvalue weighted by Crippen LogP contribution is -2.62. The van der Waals surface area contributed by atoms with Gasteiger partial charge in [-0.1, -0.05) is 54.0 Å². The Balaban J connectivity index is 1.75. The predicted molar refractivity (Wildman–Crippen MR) is 137 cm³/mol. The highest BCUT2D eigenvalue weighted by Gasteiger charge is 2.68. The van der Waals surface area contributed by atoms with Crippen molar-refractivity contribution in [3.63, 3.8) is 0 Å². The van der Waals surface area contributed by atoms with Gasteiger partial charge in [0.1, 0.15) is 5.92 Å². The second-order valence-corrected chi connectivity index (χ2v) is 14.6. The van der Waals surface area contributed by atoms with Crippen LogP contribution in [0.2, 0.25) is 0 Å². The van der Waals surface area contributed by atoms with Crippen molar-refractivity contribution in [2.24, 2.45) is 44.3 Å². The standard InChI is InChI=1S/C31H41NO4/c1-26(2)10-12-31(25(35)36)13-11-30(7)23(19(31)16-26)20(33)14-22-28(5)15-18(17-32)24(34)27(3,4)21(28)8-9-29(22,30)6/h14,18,21H,8-13,15-16H2,1-7H3,(H,35,36)/t18?,21-,28-,29+,30+,31-/m0/s1. The lowest BCUT2D eigenvalue weighted by atomic mass is 9.36. The summed E-state index contributed by atoms with van der Waals surface area (Å²) < 4.78 is 0. The van der Waals surface area contributed by atoms with Gasteiger partial charge in [-0.05, 0) is 85.2 Å². The molecule has 36 heavy (non-hydrogen) atoms. The molecule has 0 bridgehead atoms. The van der Waals surface area contributed by atoms with Crippen LogP contribution < -0.4 is 0 Å². The number of carbonyl (C=O) groups is 3. The Morgan fingerprint density at radius 3 is 2.22 bits per heavy atom. The van der Waals surface area contributed by atoms with Crippen molar-refractivity contribution < 1.29 is 19.5 Å². The van der Waals surface area contributed by atoms with Crippen molar-refractivity contribution in [1.82, 2.24) is 0 Å². The zero-order valence-electron chi connectivity index (χ0n) is 23.0. The van der Waals surface area contributed by atoms with Gasteiger partial charge in [-0.15, -0.1) is 0 Å². The smallest absolute Gasteiger partial charge is 0.313 e. The van der Waals surface area contributed by atoms with Gasteiger partial charge in [0.25, 0.3) is 0 Å². The molecule has 0 aliphatic heterocycles. The largest absolute Gasteiger partial charge is 0.481 e. The van der Waals surface area contributed by atoms with E-state index >= 15 is 0 Å². The number of nitrogens with zero attached hydrogens (tertiary/aromatic N) is 1. The van der Waals surface area contributed by atoms with Crippen molar-refractivity contribution in [1.29, 1.82) is 5.26 Å². The molecule has 1 N–H and O–H groups in total. The molecule has 0 amide bonds. The molecule has 5 aliphatic rings. The molecule has 6 atom stereocenters. The van der Waals surface area contributed by atoms with Crippen LogP contribution in [0.3, 0.4) is 0 Å². The molecule has 3 saturated carbocycles. The SMILES string of the molecule is CC1(C)CC[C@]2(C(=O)O)CC[C@]3(C)C(=C2C1)C(=O)C=C1[C@@]2(C)CC(C#N)C(=O)C(C)(C)[C@@H]2CC[C@]13C. The number of allylic oxidation sites excluding steroid dienone is 3. The van der Waals surface area contributed by atoms with Gasteiger partial charge < -0.3 is 5.11 Å². The Bertz CT molecular complexity index is 1200. The second kappa shape index (κ2) is 7.21. The minimum atomic E-state index is -0.937. The third-order valence-corrected chi connectivity index (χ3v) is 12.0. The van der Waals surface area contributed by atoms with Crippen LogP contribution in [0, 0.1) is 55.7 Å². The Hall–Kier alpha value is -2.22. The second-order valence-electron chi connectivity index (χ2n) is 14.6. The molecule has 1 unspecified atom stereocenters. The summed E-state index contributed by atoms with van der Waals surface area (Å²) in [7, 11) is 0. The highest BCUT2D eigenvalue weighted by Crippen LogP contribution is 2.73. The molecule has 0 saturated heterocycles. The number of carbonyl (C=O) groups excluding carboxylic acids is 2. The highest BCUT2D eigenvalue weighted by atomic mass is 16.4. The van der Waals surface area contributed by atoms with Crippen molar-refractivity contribution in [3.8, 4) is 6.07 Å². The first-order valence-corrected chi connectivity index (χ1v) is 13.7. The van der Waals surface area contributed by atoms with Crippen molar-refractivity contribution in [3.05, 3.63) is 22.8 Å². The van der Waals surface area contributed by atoms with Gasteiger partial charge >= 0.3 is 5.97 Å². The number of rotatable bonds is 1. The lowest BCUT2D eigenvalue weighted by molar-refractivity contribution is -0.152. The first-order valence-electron chi connectivity index (χ1n) is 13.7. The zero-order chi connectivity index (χ0) is 26.7. The summed E-state index contributed by atoms with van der Waals surface area (Å²) in [6, 6.07) is 2.28. The van der Waals surface area contributed by atoms with E-state index in [1.165, 1.54) is 0 Å². The summed E-state index contributed by atoms with van der Waals surface area (Å²) >= 11 is 0. The van der Waals surface area contributed by atoms with Crippen molar-refractivity contribution in [2.75, 3.05) is 0 Å². The number of carboxylic acid groups (broad SMARTS) is 1. The first-order chi connectivity index (χ1) is 16.5. The topological polar surface area (TPSA) is 95.2 Å². The van der Waals surface area contributed by atoms with Crippen LogP contribution in [-0.2, 0) is 14.4 Å². The van der Waals surface area contributed by atoms with E-state index in [0.29, 0.717) is 32.1 Å². The van der Waals surface area contributed by atoms with E-state index in [1.807, 2.05) is 19.9 Å². The Morgan fingerprint density at radius 2 is 1.61 bits per heavy atom. The zero-order valence-corrected chi connectivity index (χ0v) is 23.0. The maximum Gasteiger partial charge on any atom is 0.313 e. The van der Waals surface area contributed by atoms with E-state index < -0.39 is 33.5 Å². The molecule has 0 heterocycles. The summed E-state index contributed by atoms with van der Waals surface area (Å²) in [6.45, 7) is 15.0. The molecule has 0 spiro atoms. The summed E-state index contributed by atoms with van der Waals surface area (Å²) in [4.78, 5) is 40.2. The summed E-state index contributed by atoms with van der Waals surface area (Å²) in [5, 5.41) is 20.3. The van der Waals surface area contributed by atoms with Crippen molar-refractivity contribution >= 4 is 17.5 Å². The molecule has 194 valence electrons. The third-order valence-electron chi connectivity index (χ3n) is 12.0. The van der Waals surface area contributed by atoms with Gasteiger partial charge in [0.05, 0.1) is 11.5 Å². The van der Waals surface area contributed by atoms with Gasteiger partial charge in [0, 0.05) is 16.4 Å². The number of hydrogen-bond donors (Lipinski definition) is 1. The van der Waals surface area contributed by atoms with Gasteiger partial charge in [-0.25, -0.2) is 0 Å². The van der Waals surface area contributed by atoms with E-state index in [0.717, 1.165) is 36.0 Å². The molecule has 0 aromatic rings.